The van der Waals surface area contributed by atoms with Crippen LogP contribution in [0.25, 0.3) is 0 Å². The quantitative estimate of drug-likeness (QED) is 0.884. The van der Waals surface area contributed by atoms with Crippen LogP contribution in [0, 0.1) is 5.92 Å². The molecule has 20 heavy (non-hydrogen) atoms. The van der Waals surface area contributed by atoms with Gasteiger partial charge in [0.05, 0.1) is 5.69 Å². The Bertz CT molecular complexity index is 493. The van der Waals surface area contributed by atoms with Crippen LogP contribution in [0.2, 0.25) is 0 Å². The van der Waals surface area contributed by atoms with Crippen LogP contribution in [-0.4, -0.2) is 24.8 Å². The zero-order valence-electron chi connectivity index (χ0n) is 12.1. The maximum Gasteiger partial charge on any atom is 0.412 e. The third-order valence-electron chi connectivity index (χ3n) is 3.06. The molecule has 1 aromatic carbocycles. The molecule has 1 aromatic rings. The lowest BCUT2D eigenvalue weighted by atomic mass is 9.94. The molecule has 1 aliphatic heterocycles. The number of hydrogen-bond acceptors (Lipinski definition) is 3. The molecule has 0 atom stereocenters. The van der Waals surface area contributed by atoms with Gasteiger partial charge >= 0.3 is 6.09 Å². The summed E-state index contributed by atoms with van der Waals surface area (Å²) in [6, 6.07) is 6.06. The van der Waals surface area contributed by atoms with Crippen molar-refractivity contribution in [3.63, 3.8) is 0 Å². The van der Waals surface area contributed by atoms with Crippen LogP contribution in [0.15, 0.2) is 22.7 Å². The molecule has 4 nitrogen and oxygen atoms in total. The topological polar surface area (TPSA) is 50.4 Å². The summed E-state index contributed by atoms with van der Waals surface area (Å²) in [6.45, 7) is 7.70. The van der Waals surface area contributed by atoms with Gasteiger partial charge in [0, 0.05) is 4.47 Å². The molecule has 1 saturated heterocycles. The molecule has 0 bridgehead atoms. The number of benzene rings is 1. The number of amides is 1. The van der Waals surface area contributed by atoms with Crippen molar-refractivity contribution in [2.75, 3.05) is 18.4 Å². The van der Waals surface area contributed by atoms with Gasteiger partial charge in [-0.05, 0) is 79.8 Å². The Hall–Kier alpha value is -1.07. The fourth-order valence-electron chi connectivity index (χ4n) is 2.03. The van der Waals surface area contributed by atoms with Crippen LogP contribution in [-0.2, 0) is 11.2 Å². The van der Waals surface area contributed by atoms with Gasteiger partial charge < -0.3 is 10.1 Å². The minimum Gasteiger partial charge on any atom is -0.444 e. The van der Waals surface area contributed by atoms with Gasteiger partial charge in [0.25, 0.3) is 0 Å². The van der Waals surface area contributed by atoms with Crippen molar-refractivity contribution in [3.8, 4) is 0 Å². The Balaban J connectivity index is 2.02. The number of nitrogens with one attached hydrogen (secondary N) is 2. The van der Waals surface area contributed by atoms with E-state index in [0.29, 0.717) is 5.92 Å². The Kier molecular flexibility index (Phi) is 4.70. The van der Waals surface area contributed by atoms with E-state index in [9.17, 15) is 4.79 Å². The van der Waals surface area contributed by atoms with Crippen LogP contribution in [0.1, 0.15) is 26.3 Å². The number of rotatable bonds is 3. The summed E-state index contributed by atoms with van der Waals surface area (Å²) < 4.78 is 6.13. The Morgan fingerprint density at radius 1 is 1.45 bits per heavy atom. The van der Waals surface area contributed by atoms with Crippen molar-refractivity contribution in [3.05, 3.63) is 28.2 Å². The van der Waals surface area contributed by atoms with Gasteiger partial charge in [0.1, 0.15) is 5.60 Å². The van der Waals surface area contributed by atoms with Crippen molar-refractivity contribution < 1.29 is 9.53 Å². The highest BCUT2D eigenvalue weighted by Crippen LogP contribution is 2.26. The van der Waals surface area contributed by atoms with Crippen LogP contribution < -0.4 is 10.6 Å². The SMILES string of the molecule is CC(C)(C)OC(=O)Nc1cc(CC2CNC2)ccc1Br. The molecule has 0 unspecified atom stereocenters. The number of anilines is 1. The van der Waals surface area contributed by atoms with Crippen LogP contribution in [0.3, 0.4) is 0 Å². The first-order valence-electron chi connectivity index (χ1n) is 6.82. The highest BCUT2D eigenvalue weighted by Gasteiger charge is 2.19. The van der Waals surface area contributed by atoms with Crippen LogP contribution >= 0.6 is 15.9 Å². The zero-order chi connectivity index (χ0) is 14.8. The van der Waals surface area contributed by atoms with Crippen molar-refractivity contribution in [1.29, 1.82) is 0 Å². The van der Waals surface area contributed by atoms with E-state index >= 15 is 0 Å². The van der Waals surface area contributed by atoms with Gasteiger partial charge in [0.15, 0.2) is 0 Å². The number of carbonyl (C=O) groups is 1. The molecule has 1 amide bonds. The van der Waals surface area contributed by atoms with E-state index in [1.54, 1.807) is 0 Å². The fraction of sp³-hybridized carbons (Fsp3) is 0.533. The third kappa shape index (κ3) is 4.49. The molecule has 1 heterocycles. The molecule has 1 fully saturated rings. The number of hydrogen-bond donors (Lipinski definition) is 2. The van der Waals surface area contributed by atoms with E-state index in [4.69, 9.17) is 4.74 Å². The Labute approximate surface area is 128 Å². The van der Waals surface area contributed by atoms with E-state index in [2.05, 4.69) is 32.6 Å². The minimum atomic E-state index is -0.494. The first-order chi connectivity index (χ1) is 9.33. The average molecular weight is 341 g/mol. The molecular formula is C15H21BrN2O2. The fourth-order valence-corrected chi connectivity index (χ4v) is 2.38. The summed E-state index contributed by atoms with van der Waals surface area (Å²) in [6.07, 6.45) is 0.601. The van der Waals surface area contributed by atoms with E-state index in [-0.39, 0.29) is 0 Å². The van der Waals surface area contributed by atoms with Gasteiger partial charge in [-0.2, -0.15) is 0 Å². The maximum atomic E-state index is 11.8. The van der Waals surface area contributed by atoms with Gasteiger partial charge in [0.2, 0.25) is 0 Å². The molecular weight excluding hydrogens is 320 g/mol. The first kappa shape index (κ1) is 15.3. The number of halogens is 1. The second kappa shape index (κ2) is 6.14. The van der Waals surface area contributed by atoms with Gasteiger partial charge in [-0.25, -0.2) is 4.79 Å². The lowest BCUT2D eigenvalue weighted by molar-refractivity contribution is 0.0636. The summed E-state index contributed by atoms with van der Waals surface area (Å²) in [5.74, 6) is 0.700. The Morgan fingerprint density at radius 3 is 2.70 bits per heavy atom. The number of ether oxygens (including phenoxy) is 1. The van der Waals surface area contributed by atoms with Gasteiger partial charge in [-0.15, -0.1) is 0 Å². The smallest absolute Gasteiger partial charge is 0.412 e. The molecule has 0 radical (unpaired) electrons. The molecule has 0 spiro atoms. The summed E-state index contributed by atoms with van der Waals surface area (Å²) >= 11 is 3.45. The van der Waals surface area contributed by atoms with E-state index in [0.717, 1.165) is 29.7 Å². The van der Waals surface area contributed by atoms with Crippen LogP contribution in [0.5, 0.6) is 0 Å². The molecule has 0 aliphatic carbocycles. The average Bonchev–Trinajstić information content (AvgIpc) is 2.25. The molecule has 0 saturated carbocycles. The third-order valence-corrected chi connectivity index (χ3v) is 3.75. The van der Waals surface area contributed by atoms with Gasteiger partial charge in [-0.3, -0.25) is 5.32 Å². The largest absolute Gasteiger partial charge is 0.444 e. The molecule has 1 aliphatic rings. The van der Waals surface area contributed by atoms with Crippen LogP contribution in [0.4, 0.5) is 10.5 Å². The van der Waals surface area contributed by atoms with Gasteiger partial charge in [-0.1, -0.05) is 6.07 Å². The Morgan fingerprint density at radius 2 is 2.15 bits per heavy atom. The normalized spacial score (nSPS) is 15.6. The summed E-state index contributed by atoms with van der Waals surface area (Å²) in [5.41, 5.74) is 1.49. The van der Waals surface area contributed by atoms with E-state index in [1.807, 2.05) is 32.9 Å². The second-order valence-electron chi connectivity index (χ2n) is 6.17. The predicted octanol–water partition coefficient (Wildman–Crippen LogP) is 3.56. The second-order valence-corrected chi connectivity index (χ2v) is 7.02. The lowest BCUT2D eigenvalue weighted by Gasteiger charge is -2.27. The standard InChI is InChI=1S/C15H21BrN2O2/c1-15(2,3)20-14(19)18-13-7-10(4-5-12(13)16)6-11-8-17-9-11/h4-5,7,11,17H,6,8-9H2,1-3H3,(H,18,19). The van der Waals surface area contributed by atoms with Crippen molar-refractivity contribution in [2.45, 2.75) is 32.8 Å². The number of carbonyl (C=O) groups excluding carboxylic acids is 1. The van der Waals surface area contributed by atoms with Crippen molar-refractivity contribution in [1.82, 2.24) is 5.32 Å². The molecule has 0 aromatic heterocycles. The lowest BCUT2D eigenvalue weighted by Crippen LogP contribution is -2.43. The van der Waals surface area contributed by atoms with E-state index in [1.165, 1.54) is 5.56 Å². The summed E-state index contributed by atoms with van der Waals surface area (Å²) in [7, 11) is 0. The first-order valence-corrected chi connectivity index (χ1v) is 7.62. The molecule has 110 valence electrons. The minimum absolute atomic E-state index is 0.430. The monoisotopic (exact) mass is 340 g/mol. The zero-order valence-corrected chi connectivity index (χ0v) is 13.7. The van der Waals surface area contributed by atoms with Crippen molar-refractivity contribution in [2.24, 2.45) is 5.92 Å². The molecule has 5 heteroatoms. The highest BCUT2D eigenvalue weighted by molar-refractivity contribution is 9.10. The maximum absolute atomic E-state index is 11.8. The highest BCUT2D eigenvalue weighted by atomic mass is 79.9. The molecule has 2 N–H and O–H groups in total. The van der Waals surface area contributed by atoms with Crippen molar-refractivity contribution >= 4 is 27.7 Å². The molecule has 2 rings (SSSR count). The summed E-state index contributed by atoms with van der Waals surface area (Å²) in [5, 5.41) is 6.06. The summed E-state index contributed by atoms with van der Waals surface area (Å²) in [4.78, 5) is 11.8. The van der Waals surface area contributed by atoms with E-state index < -0.39 is 11.7 Å². The predicted molar refractivity (Wildman–Crippen MR) is 84.1 cm³/mol.